The van der Waals surface area contributed by atoms with Gasteiger partial charge in [0.1, 0.15) is 5.82 Å². The lowest BCUT2D eigenvalue weighted by Gasteiger charge is -2.21. The first-order valence-electron chi connectivity index (χ1n) is 9.11. The van der Waals surface area contributed by atoms with Crippen molar-refractivity contribution in [1.82, 2.24) is 20.2 Å². The summed E-state index contributed by atoms with van der Waals surface area (Å²) in [7, 11) is 0. The summed E-state index contributed by atoms with van der Waals surface area (Å²) in [5.74, 6) is 0.501. The van der Waals surface area contributed by atoms with Crippen LogP contribution in [0.4, 0.5) is 0 Å². The van der Waals surface area contributed by atoms with E-state index < -0.39 is 0 Å². The highest BCUT2D eigenvalue weighted by Crippen LogP contribution is 2.11. The lowest BCUT2D eigenvalue weighted by Crippen LogP contribution is -2.38. The number of rotatable bonds is 7. The second kappa shape index (κ2) is 8.60. The maximum Gasteiger partial charge on any atom is 0.258 e. The van der Waals surface area contributed by atoms with Gasteiger partial charge in [-0.05, 0) is 31.2 Å². The van der Waals surface area contributed by atoms with E-state index in [0.717, 1.165) is 5.56 Å². The SMILES string of the molecule is CCN(CC(=O)NC(C)c1ccccc1)Cc1nc2ccccc2c(=O)[nH]1. The van der Waals surface area contributed by atoms with Gasteiger partial charge in [-0.15, -0.1) is 0 Å². The Hall–Kier alpha value is -2.99. The van der Waals surface area contributed by atoms with E-state index in [-0.39, 0.29) is 24.1 Å². The number of fused-ring (bicyclic) bond motifs is 1. The topological polar surface area (TPSA) is 78.1 Å². The van der Waals surface area contributed by atoms with Crippen LogP contribution < -0.4 is 10.9 Å². The van der Waals surface area contributed by atoms with E-state index in [4.69, 9.17) is 0 Å². The first kappa shape index (κ1) is 18.8. The van der Waals surface area contributed by atoms with Gasteiger partial charge in [-0.1, -0.05) is 49.4 Å². The highest BCUT2D eigenvalue weighted by molar-refractivity contribution is 5.78. The second-order valence-corrected chi connectivity index (χ2v) is 6.53. The second-order valence-electron chi connectivity index (χ2n) is 6.53. The Morgan fingerprint density at radius 3 is 2.59 bits per heavy atom. The smallest absolute Gasteiger partial charge is 0.258 e. The molecule has 1 heterocycles. The fraction of sp³-hybridized carbons (Fsp3) is 0.286. The summed E-state index contributed by atoms with van der Waals surface area (Å²) in [4.78, 5) is 33.9. The lowest BCUT2D eigenvalue weighted by molar-refractivity contribution is -0.123. The number of hydrogen-bond acceptors (Lipinski definition) is 4. The minimum Gasteiger partial charge on any atom is -0.348 e. The number of likely N-dealkylation sites (N-methyl/N-ethyl adjacent to an activating group) is 1. The highest BCUT2D eigenvalue weighted by atomic mass is 16.2. The third-order valence-corrected chi connectivity index (χ3v) is 4.53. The van der Waals surface area contributed by atoms with Crippen molar-refractivity contribution in [1.29, 1.82) is 0 Å². The largest absolute Gasteiger partial charge is 0.348 e. The third-order valence-electron chi connectivity index (χ3n) is 4.53. The summed E-state index contributed by atoms with van der Waals surface area (Å²) in [6.45, 7) is 5.26. The average Bonchev–Trinajstić information content (AvgIpc) is 2.68. The van der Waals surface area contributed by atoms with Gasteiger partial charge in [0.2, 0.25) is 5.91 Å². The number of aromatic amines is 1. The molecule has 0 saturated carbocycles. The summed E-state index contributed by atoms with van der Waals surface area (Å²) >= 11 is 0. The van der Waals surface area contributed by atoms with E-state index in [0.29, 0.717) is 29.8 Å². The molecule has 0 aliphatic carbocycles. The molecule has 0 spiro atoms. The maximum absolute atomic E-state index is 12.4. The number of carbonyl (C=O) groups excluding carboxylic acids is 1. The summed E-state index contributed by atoms with van der Waals surface area (Å²) in [5.41, 5.74) is 1.57. The molecule has 0 saturated heterocycles. The number of H-pyrrole nitrogens is 1. The molecule has 1 amide bonds. The van der Waals surface area contributed by atoms with Gasteiger partial charge < -0.3 is 10.3 Å². The highest BCUT2D eigenvalue weighted by Gasteiger charge is 2.14. The molecular weight excluding hydrogens is 340 g/mol. The van der Waals surface area contributed by atoms with Crippen molar-refractivity contribution in [2.75, 3.05) is 13.1 Å². The molecule has 0 aliphatic rings. The van der Waals surface area contributed by atoms with Gasteiger partial charge >= 0.3 is 0 Å². The predicted octanol–water partition coefficient (Wildman–Crippen LogP) is 2.62. The summed E-state index contributed by atoms with van der Waals surface area (Å²) in [6.07, 6.45) is 0. The van der Waals surface area contributed by atoms with Crippen LogP contribution in [0.3, 0.4) is 0 Å². The minimum absolute atomic E-state index is 0.0589. The number of amides is 1. The normalized spacial score (nSPS) is 12.3. The zero-order chi connectivity index (χ0) is 19.2. The van der Waals surface area contributed by atoms with Crippen LogP contribution in [0.15, 0.2) is 59.4 Å². The van der Waals surface area contributed by atoms with Crippen molar-refractivity contribution in [3.05, 3.63) is 76.3 Å². The molecule has 1 aromatic heterocycles. The fourth-order valence-electron chi connectivity index (χ4n) is 3.02. The molecule has 140 valence electrons. The van der Waals surface area contributed by atoms with Crippen LogP contribution in [0, 0.1) is 0 Å². The third kappa shape index (κ3) is 4.80. The molecule has 0 radical (unpaired) electrons. The first-order chi connectivity index (χ1) is 13.1. The molecule has 1 unspecified atom stereocenters. The molecule has 2 aromatic carbocycles. The zero-order valence-corrected chi connectivity index (χ0v) is 15.6. The van der Waals surface area contributed by atoms with Crippen molar-refractivity contribution in [2.24, 2.45) is 0 Å². The van der Waals surface area contributed by atoms with Crippen LogP contribution in [0.2, 0.25) is 0 Å². The first-order valence-corrected chi connectivity index (χ1v) is 9.11. The van der Waals surface area contributed by atoms with E-state index in [1.807, 2.05) is 67.3 Å². The van der Waals surface area contributed by atoms with E-state index in [9.17, 15) is 9.59 Å². The van der Waals surface area contributed by atoms with Gasteiger partial charge in [0.25, 0.3) is 5.56 Å². The Bertz CT molecular complexity index is 969. The van der Waals surface area contributed by atoms with Gasteiger partial charge in [-0.25, -0.2) is 4.98 Å². The average molecular weight is 364 g/mol. The van der Waals surface area contributed by atoms with E-state index in [1.54, 1.807) is 6.07 Å². The fourth-order valence-corrected chi connectivity index (χ4v) is 3.02. The number of nitrogens with one attached hydrogen (secondary N) is 2. The Morgan fingerprint density at radius 1 is 1.15 bits per heavy atom. The van der Waals surface area contributed by atoms with Gasteiger partial charge in [0, 0.05) is 0 Å². The number of aromatic nitrogens is 2. The Balaban J connectivity index is 1.65. The summed E-state index contributed by atoms with van der Waals surface area (Å²) in [5, 5.41) is 3.58. The van der Waals surface area contributed by atoms with Crippen LogP contribution in [0.25, 0.3) is 10.9 Å². The van der Waals surface area contributed by atoms with Gasteiger partial charge in [-0.2, -0.15) is 0 Å². The Kier molecular flexibility index (Phi) is 5.98. The number of para-hydroxylation sites is 1. The predicted molar refractivity (Wildman–Crippen MR) is 106 cm³/mol. The summed E-state index contributed by atoms with van der Waals surface area (Å²) < 4.78 is 0. The zero-order valence-electron chi connectivity index (χ0n) is 15.6. The van der Waals surface area contributed by atoms with Crippen molar-refractivity contribution in [3.8, 4) is 0 Å². The number of benzene rings is 2. The molecule has 0 aliphatic heterocycles. The van der Waals surface area contributed by atoms with Crippen LogP contribution in [0.1, 0.15) is 31.3 Å². The standard InChI is InChI=1S/C21H24N4O2/c1-3-25(14-20(26)22-15(2)16-9-5-4-6-10-16)13-19-23-18-12-8-7-11-17(18)21(27)24-19/h4-12,15H,3,13-14H2,1-2H3,(H,22,26)(H,23,24,27). The van der Waals surface area contributed by atoms with Crippen molar-refractivity contribution in [3.63, 3.8) is 0 Å². The molecule has 3 aromatic rings. The molecule has 3 rings (SSSR count). The van der Waals surface area contributed by atoms with Gasteiger partial charge in [0.15, 0.2) is 0 Å². The molecule has 6 nitrogen and oxygen atoms in total. The number of carbonyl (C=O) groups is 1. The molecular formula is C21H24N4O2. The van der Waals surface area contributed by atoms with Gasteiger partial charge in [-0.3, -0.25) is 14.5 Å². The maximum atomic E-state index is 12.4. The molecule has 0 fully saturated rings. The van der Waals surface area contributed by atoms with Crippen LogP contribution in [-0.4, -0.2) is 33.9 Å². The minimum atomic E-state index is -0.159. The van der Waals surface area contributed by atoms with Crippen molar-refractivity contribution in [2.45, 2.75) is 26.4 Å². The molecule has 0 bridgehead atoms. The molecule has 2 N–H and O–H groups in total. The van der Waals surface area contributed by atoms with E-state index >= 15 is 0 Å². The van der Waals surface area contributed by atoms with Crippen LogP contribution >= 0.6 is 0 Å². The molecule has 27 heavy (non-hydrogen) atoms. The van der Waals surface area contributed by atoms with Crippen molar-refractivity contribution >= 4 is 16.8 Å². The van der Waals surface area contributed by atoms with Crippen LogP contribution in [-0.2, 0) is 11.3 Å². The number of nitrogens with zero attached hydrogens (tertiary/aromatic N) is 2. The summed E-state index contributed by atoms with van der Waals surface area (Å²) in [6, 6.07) is 17.0. The quantitative estimate of drug-likeness (QED) is 0.676. The van der Waals surface area contributed by atoms with Crippen LogP contribution in [0.5, 0.6) is 0 Å². The Morgan fingerprint density at radius 2 is 1.85 bits per heavy atom. The lowest BCUT2D eigenvalue weighted by atomic mass is 10.1. The Labute approximate surface area is 158 Å². The number of hydrogen-bond donors (Lipinski definition) is 2. The van der Waals surface area contributed by atoms with E-state index in [1.165, 1.54) is 0 Å². The monoisotopic (exact) mass is 364 g/mol. The molecule has 1 atom stereocenters. The van der Waals surface area contributed by atoms with Crippen molar-refractivity contribution < 1.29 is 4.79 Å². The molecule has 6 heteroatoms. The van der Waals surface area contributed by atoms with E-state index in [2.05, 4.69) is 15.3 Å². The van der Waals surface area contributed by atoms with Gasteiger partial charge in [0.05, 0.1) is 30.0 Å².